The Hall–Kier alpha value is -1.88. The molecular weight excluding hydrogens is 232 g/mol. The van der Waals surface area contributed by atoms with E-state index in [4.69, 9.17) is 10.8 Å². The van der Waals surface area contributed by atoms with E-state index in [1.807, 2.05) is 30.3 Å². The van der Waals surface area contributed by atoms with Gasteiger partial charge in [-0.3, -0.25) is 4.79 Å². The van der Waals surface area contributed by atoms with E-state index in [0.717, 1.165) is 5.56 Å². The molecule has 1 aromatic rings. The number of carboxylic acids is 1. The molecule has 98 valence electrons. The van der Waals surface area contributed by atoms with Crippen LogP contribution in [0, 0.1) is 0 Å². The molecule has 4 N–H and O–H groups in total. The summed E-state index contributed by atoms with van der Waals surface area (Å²) in [5.74, 6) is -1.34. The molecule has 0 aliphatic carbocycles. The summed E-state index contributed by atoms with van der Waals surface area (Å²) in [6, 6.07) is 8.71. The summed E-state index contributed by atoms with van der Waals surface area (Å²) in [4.78, 5) is 22.3. The summed E-state index contributed by atoms with van der Waals surface area (Å²) < 4.78 is 0. The third-order valence-corrected chi connectivity index (χ3v) is 2.57. The normalized spacial score (nSPS) is 11.8. The molecular formula is C13H18N2O3. The number of benzene rings is 1. The maximum absolute atomic E-state index is 11.3. The standard InChI is InChI=1S/C13H18N2O3/c14-9-8-12(16)15-11(13(17)18)7-6-10-4-2-1-3-5-10/h1-5,11H,6-9,14H2,(H,15,16)(H,17,18). The first-order valence-corrected chi connectivity index (χ1v) is 5.89. The van der Waals surface area contributed by atoms with Crippen LogP contribution in [0.15, 0.2) is 30.3 Å². The van der Waals surface area contributed by atoms with Crippen molar-refractivity contribution in [2.75, 3.05) is 6.54 Å². The molecule has 0 saturated heterocycles. The van der Waals surface area contributed by atoms with Crippen molar-refractivity contribution >= 4 is 11.9 Å². The molecule has 18 heavy (non-hydrogen) atoms. The Kier molecular flexibility index (Phi) is 5.87. The van der Waals surface area contributed by atoms with Crippen molar-refractivity contribution < 1.29 is 14.7 Å². The largest absolute Gasteiger partial charge is 0.480 e. The van der Waals surface area contributed by atoms with Crippen LogP contribution in [0.2, 0.25) is 0 Å². The molecule has 0 fully saturated rings. The zero-order chi connectivity index (χ0) is 13.4. The lowest BCUT2D eigenvalue weighted by molar-refractivity contribution is -0.142. The van der Waals surface area contributed by atoms with Crippen molar-refractivity contribution in [3.63, 3.8) is 0 Å². The maximum atomic E-state index is 11.3. The van der Waals surface area contributed by atoms with E-state index in [0.29, 0.717) is 12.8 Å². The zero-order valence-electron chi connectivity index (χ0n) is 10.1. The molecule has 1 aromatic carbocycles. The highest BCUT2D eigenvalue weighted by Gasteiger charge is 2.19. The van der Waals surface area contributed by atoms with E-state index in [1.54, 1.807) is 0 Å². The van der Waals surface area contributed by atoms with Gasteiger partial charge in [-0.1, -0.05) is 30.3 Å². The van der Waals surface area contributed by atoms with Crippen LogP contribution < -0.4 is 11.1 Å². The fourth-order valence-electron chi connectivity index (χ4n) is 1.61. The van der Waals surface area contributed by atoms with Gasteiger partial charge in [0.1, 0.15) is 6.04 Å². The lowest BCUT2D eigenvalue weighted by Crippen LogP contribution is -2.41. The molecule has 0 saturated carbocycles. The van der Waals surface area contributed by atoms with Gasteiger partial charge in [-0.05, 0) is 18.4 Å². The average molecular weight is 250 g/mol. The molecule has 0 aliphatic heterocycles. The Morgan fingerprint density at radius 1 is 1.28 bits per heavy atom. The molecule has 1 amide bonds. The predicted octanol–water partition coefficient (Wildman–Crippen LogP) is 0.537. The van der Waals surface area contributed by atoms with Crippen molar-refractivity contribution in [1.82, 2.24) is 5.32 Å². The molecule has 0 aliphatic rings. The third kappa shape index (κ3) is 4.97. The Balaban J connectivity index is 2.48. The highest BCUT2D eigenvalue weighted by atomic mass is 16.4. The molecule has 1 unspecified atom stereocenters. The van der Waals surface area contributed by atoms with E-state index < -0.39 is 12.0 Å². The number of hydrogen-bond donors (Lipinski definition) is 3. The van der Waals surface area contributed by atoms with Gasteiger partial charge >= 0.3 is 5.97 Å². The number of hydrogen-bond acceptors (Lipinski definition) is 3. The number of nitrogens with one attached hydrogen (secondary N) is 1. The molecule has 0 heterocycles. The molecule has 0 aromatic heterocycles. The van der Waals surface area contributed by atoms with Gasteiger partial charge in [-0.2, -0.15) is 0 Å². The minimum absolute atomic E-state index is 0.148. The first-order valence-electron chi connectivity index (χ1n) is 5.89. The van der Waals surface area contributed by atoms with Crippen molar-refractivity contribution in [1.29, 1.82) is 0 Å². The van der Waals surface area contributed by atoms with Crippen LogP contribution in [-0.4, -0.2) is 29.6 Å². The second-order valence-electron chi connectivity index (χ2n) is 4.02. The van der Waals surface area contributed by atoms with Crippen molar-refractivity contribution in [3.8, 4) is 0 Å². The molecule has 0 bridgehead atoms. The van der Waals surface area contributed by atoms with Crippen LogP contribution in [0.1, 0.15) is 18.4 Å². The van der Waals surface area contributed by atoms with Gasteiger partial charge in [0.15, 0.2) is 0 Å². The summed E-state index contributed by atoms with van der Waals surface area (Å²) in [5.41, 5.74) is 6.29. The first-order chi connectivity index (χ1) is 8.63. The van der Waals surface area contributed by atoms with Crippen LogP contribution in [0.3, 0.4) is 0 Å². The monoisotopic (exact) mass is 250 g/mol. The second-order valence-corrected chi connectivity index (χ2v) is 4.02. The fraction of sp³-hybridized carbons (Fsp3) is 0.385. The molecule has 0 radical (unpaired) electrons. The molecule has 1 atom stereocenters. The number of carbonyl (C=O) groups is 2. The van der Waals surface area contributed by atoms with Crippen LogP contribution in [0.4, 0.5) is 0 Å². The number of nitrogens with two attached hydrogens (primary N) is 1. The van der Waals surface area contributed by atoms with Gasteiger partial charge in [0.2, 0.25) is 5.91 Å². The summed E-state index contributed by atoms with van der Waals surface area (Å²) in [6.07, 6.45) is 1.13. The first kappa shape index (κ1) is 14.2. The van der Waals surface area contributed by atoms with Gasteiger partial charge in [-0.25, -0.2) is 4.79 Å². The average Bonchev–Trinajstić information content (AvgIpc) is 2.35. The maximum Gasteiger partial charge on any atom is 0.326 e. The number of amides is 1. The molecule has 5 heteroatoms. The molecule has 1 rings (SSSR count). The van der Waals surface area contributed by atoms with Crippen molar-refractivity contribution in [2.24, 2.45) is 5.73 Å². The minimum atomic E-state index is -1.02. The van der Waals surface area contributed by atoms with E-state index in [2.05, 4.69) is 5.32 Å². The number of aliphatic carboxylic acids is 1. The quantitative estimate of drug-likeness (QED) is 0.658. The Morgan fingerprint density at radius 2 is 1.94 bits per heavy atom. The Bertz CT molecular complexity index is 392. The molecule has 0 spiro atoms. The predicted molar refractivity (Wildman–Crippen MR) is 68.0 cm³/mol. The van der Waals surface area contributed by atoms with Gasteiger partial charge in [0, 0.05) is 13.0 Å². The number of aryl methyl sites for hydroxylation is 1. The summed E-state index contributed by atoms with van der Waals surface area (Å²) in [6.45, 7) is 0.219. The van der Waals surface area contributed by atoms with E-state index in [1.165, 1.54) is 0 Å². The lowest BCUT2D eigenvalue weighted by Gasteiger charge is -2.14. The second kappa shape index (κ2) is 7.45. The van der Waals surface area contributed by atoms with Gasteiger partial charge in [0.05, 0.1) is 0 Å². The smallest absolute Gasteiger partial charge is 0.326 e. The SMILES string of the molecule is NCCC(=O)NC(CCc1ccccc1)C(=O)O. The summed E-state index contributed by atoms with van der Waals surface area (Å²) >= 11 is 0. The zero-order valence-corrected chi connectivity index (χ0v) is 10.1. The van der Waals surface area contributed by atoms with Gasteiger partial charge in [-0.15, -0.1) is 0 Å². The number of carboxylic acid groups (broad SMARTS) is 1. The minimum Gasteiger partial charge on any atom is -0.480 e. The van der Waals surface area contributed by atoms with Crippen LogP contribution in [0.25, 0.3) is 0 Å². The molecule has 5 nitrogen and oxygen atoms in total. The van der Waals surface area contributed by atoms with Gasteiger partial charge in [0.25, 0.3) is 0 Å². The number of carbonyl (C=O) groups excluding carboxylic acids is 1. The van der Waals surface area contributed by atoms with Crippen LogP contribution in [0.5, 0.6) is 0 Å². The fourth-order valence-corrected chi connectivity index (χ4v) is 1.61. The highest BCUT2D eigenvalue weighted by molar-refractivity contribution is 5.83. The van der Waals surface area contributed by atoms with E-state index in [-0.39, 0.29) is 18.9 Å². The topological polar surface area (TPSA) is 92.4 Å². The Labute approximate surface area is 106 Å². The lowest BCUT2D eigenvalue weighted by atomic mass is 10.1. The summed E-state index contributed by atoms with van der Waals surface area (Å²) in [7, 11) is 0. The van der Waals surface area contributed by atoms with E-state index in [9.17, 15) is 9.59 Å². The van der Waals surface area contributed by atoms with Crippen LogP contribution in [-0.2, 0) is 16.0 Å². The summed E-state index contributed by atoms with van der Waals surface area (Å²) in [5, 5.41) is 11.5. The number of rotatable bonds is 7. The van der Waals surface area contributed by atoms with E-state index >= 15 is 0 Å². The van der Waals surface area contributed by atoms with Crippen LogP contribution >= 0.6 is 0 Å². The van der Waals surface area contributed by atoms with Crippen molar-refractivity contribution in [2.45, 2.75) is 25.3 Å². The van der Waals surface area contributed by atoms with Gasteiger partial charge < -0.3 is 16.2 Å². The van der Waals surface area contributed by atoms with Crippen molar-refractivity contribution in [3.05, 3.63) is 35.9 Å². The third-order valence-electron chi connectivity index (χ3n) is 2.57. The highest BCUT2D eigenvalue weighted by Crippen LogP contribution is 2.05. The Morgan fingerprint density at radius 3 is 2.50 bits per heavy atom.